The minimum absolute atomic E-state index is 0.305. The number of ether oxygens (including phenoxy) is 1. The van der Waals surface area contributed by atoms with Crippen LogP contribution in [-0.4, -0.2) is 53.2 Å². The highest BCUT2D eigenvalue weighted by Crippen LogP contribution is 2.33. The molecule has 37 heavy (non-hydrogen) atoms. The number of nitrogens with one attached hydrogen (secondary N) is 1. The first kappa shape index (κ1) is 24.4. The van der Waals surface area contributed by atoms with Gasteiger partial charge in [-0.15, -0.1) is 0 Å². The molecule has 0 bridgehead atoms. The zero-order valence-corrected chi connectivity index (χ0v) is 21.0. The van der Waals surface area contributed by atoms with Gasteiger partial charge in [0.05, 0.1) is 12.3 Å². The van der Waals surface area contributed by atoms with Crippen molar-refractivity contribution < 1.29 is 18.7 Å². The van der Waals surface area contributed by atoms with E-state index in [0.29, 0.717) is 55.5 Å². The predicted octanol–water partition coefficient (Wildman–Crippen LogP) is 5.52. The summed E-state index contributed by atoms with van der Waals surface area (Å²) in [6.07, 6.45) is 1.54. The van der Waals surface area contributed by atoms with Gasteiger partial charge in [0.25, 0.3) is 5.91 Å². The van der Waals surface area contributed by atoms with E-state index in [9.17, 15) is 9.59 Å². The third kappa shape index (κ3) is 5.00. The molecule has 1 saturated heterocycles. The van der Waals surface area contributed by atoms with E-state index in [1.807, 2.05) is 48.6 Å². The Hall–Kier alpha value is -4.32. The fourth-order valence-electron chi connectivity index (χ4n) is 4.64. The van der Waals surface area contributed by atoms with E-state index in [1.165, 1.54) is 6.07 Å². The van der Waals surface area contributed by atoms with Crippen LogP contribution in [0.25, 0.3) is 16.0 Å². The molecule has 1 aromatic heterocycles. The van der Waals surface area contributed by atoms with Crippen LogP contribution in [0.3, 0.4) is 0 Å². The molecule has 0 saturated carbocycles. The number of rotatable bonds is 2. The number of hydrogen-bond acceptors (Lipinski definition) is 4. The molecule has 2 aliphatic heterocycles. The number of benzene rings is 2. The van der Waals surface area contributed by atoms with Crippen LogP contribution in [-0.2, 0) is 11.3 Å². The molecule has 1 N–H and O–H groups in total. The third-order valence-corrected chi connectivity index (χ3v) is 6.49. The number of hydrogen-bond donors (Lipinski definition) is 1. The summed E-state index contributed by atoms with van der Waals surface area (Å²) in [5, 5.41) is 2.85. The number of carbonyl (C=O) groups excluding carboxylic acids is 2. The first-order valence-electron chi connectivity index (χ1n) is 12.2. The van der Waals surface area contributed by atoms with Gasteiger partial charge in [-0.1, -0.05) is 24.3 Å². The number of aromatic nitrogens is 1. The molecule has 2 aromatic carbocycles. The lowest BCUT2D eigenvalue weighted by Crippen LogP contribution is -2.50. The summed E-state index contributed by atoms with van der Waals surface area (Å²) in [7, 11) is 0. The summed E-state index contributed by atoms with van der Waals surface area (Å²) < 4.78 is 22.5. The van der Waals surface area contributed by atoms with E-state index in [-0.39, 0.29) is 12.0 Å². The normalized spacial score (nSPS) is 15.3. The molecule has 0 atom stereocenters. The van der Waals surface area contributed by atoms with E-state index >= 15 is 4.39 Å². The Kier molecular flexibility index (Phi) is 6.12. The summed E-state index contributed by atoms with van der Waals surface area (Å²) in [5.41, 5.74) is 3.93. The Bertz CT molecular complexity index is 1410. The average Bonchev–Trinajstić information content (AvgIpc) is 3.23. The maximum Gasteiger partial charge on any atom is 0.410 e. The van der Waals surface area contributed by atoms with Gasteiger partial charge in [-0.05, 0) is 50.1 Å². The van der Waals surface area contributed by atoms with Gasteiger partial charge >= 0.3 is 6.09 Å². The number of halogens is 1. The molecule has 2 amide bonds. The zero-order valence-electron chi connectivity index (χ0n) is 21.0. The molecule has 0 unspecified atom stereocenters. The fourth-order valence-corrected chi connectivity index (χ4v) is 4.64. The van der Waals surface area contributed by atoms with Crippen molar-refractivity contribution in [2.24, 2.45) is 0 Å². The topological polar surface area (TPSA) is 71.2 Å². The highest BCUT2D eigenvalue weighted by atomic mass is 19.1. The molecule has 190 valence electrons. The minimum atomic E-state index is -0.569. The molecule has 2 aliphatic rings. The van der Waals surface area contributed by atoms with E-state index in [0.717, 1.165) is 16.7 Å². The Morgan fingerprint density at radius 2 is 1.76 bits per heavy atom. The molecule has 0 aliphatic carbocycles. The first-order valence-corrected chi connectivity index (χ1v) is 12.2. The highest BCUT2D eigenvalue weighted by molar-refractivity contribution is 6.05. The molecule has 3 aromatic rings. The van der Waals surface area contributed by atoms with E-state index in [4.69, 9.17) is 11.3 Å². The number of anilines is 2. The predicted molar refractivity (Wildman–Crippen MR) is 140 cm³/mol. The summed E-state index contributed by atoms with van der Waals surface area (Å²) in [4.78, 5) is 32.3. The van der Waals surface area contributed by atoms with Crippen LogP contribution in [0.15, 0.2) is 48.7 Å². The SMILES string of the molecule is [C-]#[N+]c1ccc(-c2cc3n(c2)Cc2cc(N4CCN(C(=O)OC(C)(C)C)CC4)c(F)cc2NC3=O)cc1. The number of piperazine rings is 1. The van der Waals surface area contributed by atoms with Crippen molar-refractivity contribution in [1.29, 1.82) is 0 Å². The molecule has 0 spiro atoms. The molecular formula is C28H28FN5O3. The zero-order chi connectivity index (χ0) is 26.3. The summed E-state index contributed by atoms with van der Waals surface area (Å²) in [5.74, 6) is -0.724. The lowest BCUT2D eigenvalue weighted by Gasteiger charge is -2.37. The van der Waals surface area contributed by atoms with Gasteiger partial charge in [0.1, 0.15) is 17.1 Å². The molecule has 8 nitrogen and oxygen atoms in total. The van der Waals surface area contributed by atoms with Crippen molar-refractivity contribution in [2.75, 3.05) is 36.4 Å². The Balaban J connectivity index is 1.37. The average molecular weight is 502 g/mol. The minimum Gasteiger partial charge on any atom is -0.444 e. The van der Waals surface area contributed by atoms with Gasteiger partial charge in [0.15, 0.2) is 5.69 Å². The van der Waals surface area contributed by atoms with Crippen LogP contribution >= 0.6 is 0 Å². The summed E-state index contributed by atoms with van der Waals surface area (Å²) >= 11 is 0. The fraction of sp³-hybridized carbons (Fsp3) is 0.321. The van der Waals surface area contributed by atoms with Gasteiger partial charge in [-0.2, -0.15) is 0 Å². The van der Waals surface area contributed by atoms with Gasteiger partial charge < -0.3 is 24.4 Å². The standard InChI is InChI=1S/C28H28FN5O3/c1-28(2,3)37-27(36)33-11-9-32(10-12-33)24-14-20-17-34-16-19(18-5-7-21(30-4)8-6-18)13-25(34)26(35)31-23(20)15-22(24)29/h5-8,13-16H,9-12,17H2,1-3H3,(H,31,35). The third-order valence-electron chi connectivity index (χ3n) is 6.49. The maximum absolute atomic E-state index is 15.2. The monoisotopic (exact) mass is 501 g/mol. The van der Waals surface area contributed by atoms with E-state index < -0.39 is 11.4 Å². The van der Waals surface area contributed by atoms with Gasteiger partial charge in [0.2, 0.25) is 0 Å². The van der Waals surface area contributed by atoms with E-state index in [2.05, 4.69) is 10.2 Å². The number of nitrogens with zero attached hydrogens (tertiary/aromatic N) is 4. The van der Waals surface area contributed by atoms with Crippen molar-refractivity contribution in [2.45, 2.75) is 32.9 Å². The second-order valence-corrected chi connectivity index (χ2v) is 10.3. The lowest BCUT2D eigenvalue weighted by molar-refractivity contribution is 0.0240. The van der Waals surface area contributed by atoms with Crippen LogP contribution in [0.5, 0.6) is 0 Å². The van der Waals surface area contributed by atoms with Crippen LogP contribution < -0.4 is 10.2 Å². The maximum atomic E-state index is 15.2. The largest absolute Gasteiger partial charge is 0.444 e. The Morgan fingerprint density at radius 1 is 1.05 bits per heavy atom. The van der Waals surface area contributed by atoms with Crippen molar-refractivity contribution in [3.63, 3.8) is 0 Å². The number of carbonyl (C=O) groups is 2. The molecule has 0 radical (unpaired) electrons. The summed E-state index contributed by atoms with van der Waals surface area (Å²) in [6, 6.07) is 12.2. The van der Waals surface area contributed by atoms with Crippen LogP contribution in [0, 0.1) is 12.4 Å². The van der Waals surface area contributed by atoms with Gasteiger partial charge in [-0.25, -0.2) is 14.0 Å². The first-order chi connectivity index (χ1) is 17.6. The van der Waals surface area contributed by atoms with Crippen molar-refractivity contribution in [3.05, 3.63) is 77.2 Å². The van der Waals surface area contributed by atoms with Crippen LogP contribution in [0.2, 0.25) is 0 Å². The van der Waals surface area contributed by atoms with Crippen LogP contribution in [0.1, 0.15) is 36.8 Å². The van der Waals surface area contributed by atoms with Gasteiger partial charge in [-0.3, -0.25) is 4.79 Å². The summed E-state index contributed by atoms with van der Waals surface area (Å²) in [6.45, 7) is 14.8. The molecule has 1 fully saturated rings. The smallest absolute Gasteiger partial charge is 0.410 e. The van der Waals surface area contributed by atoms with Crippen LogP contribution in [0.4, 0.5) is 26.2 Å². The van der Waals surface area contributed by atoms with Crippen molar-refractivity contribution in [3.8, 4) is 11.1 Å². The molecule has 9 heteroatoms. The second kappa shape index (κ2) is 9.28. The number of amides is 2. The van der Waals surface area contributed by atoms with Gasteiger partial charge in [0, 0.05) is 50.2 Å². The molecule has 3 heterocycles. The van der Waals surface area contributed by atoms with Crippen molar-refractivity contribution in [1.82, 2.24) is 9.47 Å². The number of fused-ring (bicyclic) bond motifs is 2. The molecular weight excluding hydrogens is 473 g/mol. The molecule has 5 rings (SSSR count). The Labute approximate surface area is 215 Å². The highest BCUT2D eigenvalue weighted by Gasteiger charge is 2.28. The Morgan fingerprint density at radius 3 is 2.41 bits per heavy atom. The quantitative estimate of drug-likeness (QED) is 0.470. The lowest BCUT2D eigenvalue weighted by atomic mass is 10.1. The van der Waals surface area contributed by atoms with Crippen molar-refractivity contribution >= 4 is 29.1 Å². The van der Waals surface area contributed by atoms with E-state index in [1.54, 1.807) is 29.2 Å². The second-order valence-electron chi connectivity index (χ2n) is 10.3.